The van der Waals surface area contributed by atoms with Crippen molar-refractivity contribution < 1.29 is 0 Å². The molecule has 1 aliphatic carbocycles. The molecule has 1 aliphatic rings. The van der Waals surface area contributed by atoms with Crippen molar-refractivity contribution in [3.05, 3.63) is 133 Å². The highest BCUT2D eigenvalue weighted by Crippen LogP contribution is 2.38. The van der Waals surface area contributed by atoms with Crippen LogP contribution in [0.1, 0.15) is 240 Å². The summed E-state index contributed by atoms with van der Waals surface area (Å²) in [6, 6.07) is 41.5. The van der Waals surface area contributed by atoms with Crippen LogP contribution in [-0.2, 0) is 0 Å². The third-order valence-corrected chi connectivity index (χ3v) is 16.1. The number of benzene rings is 4. The Bertz CT molecular complexity index is 1860. The van der Waals surface area contributed by atoms with Crippen LogP contribution in [0.2, 0.25) is 0 Å². The highest BCUT2D eigenvalue weighted by Gasteiger charge is 2.27. The Kier molecular flexibility index (Phi) is 31.9. The first-order valence-corrected chi connectivity index (χ1v) is 31.8. The van der Waals surface area contributed by atoms with Crippen molar-refractivity contribution in [3.63, 3.8) is 0 Å². The third-order valence-electron chi connectivity index (χ3n) is 16.1. The highest BCUT2D eigenvalue weighted by atomic mass is 15.2. The van der Waals surface area contributed by atoms with Crippen LogP contribution < -0.4 is 19.6 Å². The average molecular weight is 1020 g/mol. The fraction of sp³-hybridized carbons (Fsp3) is 0.606. The lowest BCUT2D eigenvalue weighted by molar-refractivity contribution is 0.555. The van der Waals surface area contributed by atoms with Gasteiger partial charge in [0.05, 0.1) is 12.1 Å². The fourth-order valence-corrected chi connectivity index (χ4v) is 11.5. The van der Waals surface area contributed by atoms with Gasteiger partial charge in [-0.2, -0.15) is 0 Å². The molecule has 2 atom stereocenters. The van der Waals surface area contributed by atoms with Crippen LogP contribution in [0.5, 0.6) is 0 Å². The Morgan fingerprint density at radius 1 is 0.280 bits per heavy atom. The van der Waals surface area contributed by atoms with Crippen LogP contribution in [0.25, 0.3) is 0 Å². The predicted molar refractivity (Wildman–Crippen MR) is 335 cm³/mol. The second-order valence-electron chi connectivity index (χ2n) is 22.5. The molecule has 4 heteroatoms. The van der Waals surface area contributed by atoms with Gasteiger partial charge in [0.2, 0.25) is 0 Å². The highest BCUT2D eigenvalue weighted by molar-refractivity contribution is 5.72. The van der Waals surface area contributed by atoms with Gasteiger partial charge in [-0.3, -0.25) is 0 Å². The Morgan fingerprint density at radius 3 is 0.840 bits per heavy atom. The molecule has 0 aromatic heterocycles. The SMILES string of the molecule is CCCCCCCCCCN(CCCCCCCCCC)c1ccc(N(c2ccc(N(CCCCCCCCCC)CCCCCCCCCC)cc2)C2C=CC(N(c3ccccc3)c3ccccc3)C(C)=C2)cc1. The number of nitrogens with zero attached hydrogens (tertiary/aromatic N) is 4. The summed E-state index contributed by atoms with van der Waals surface area (Å²) in [6.07, 6.45) is 51.0. The largest absolute Gasteiger partial charge is 0.372 e. The number of para-hydroxylation sites is 2. The molecule has 4 aromatic carbocycles. The van der Waals surface area contributed by atoms with Crippen molar-refractivity contribution >= 4 is 34.1 Å². The molecule has 2 unspecified atom stereocenters. The van der Waals surface area contributed by atoms with Crippen molar-refractivity contribution in [1.82, 2.24) is 0 Å². The monoisotopic (exact) mass is 1020 g/mol. The Morgan fingerprint density at radius 2 is 0.547 bits per heavy atom. The minimum Gasteiger partial charge on any atom is -0.372 e. The average Bonchev–Trinajstić information content (AvgIpc) is 3.44. The molecule has 0 aliphatic heterocycles. The maximum Gasteiger partial charge on any atom is 0.0734 e. The van der Waals surface area contributed by atoms with Gasteiger partial charge in [0.15, 0.2) is 0 Å². The molecular weight excluding hydrogens is 909 g/mol. The van der Waals surface area contributed by atoms with Gasteiger partial charge in [-0.25, -0.2) is 0 Å². The lowest BCUT2D eigenvalue weighted by Gasteiger charge is -2.38. The van der Waals surface area contributed by atoms with Gasteiger partial charge in [0.25, 0.3) is 0 Å². The Labute approximate surface area is 462 Å². The third kappa shape index (κ3) is 23.4. The van der Waals surface area contributed by atoms with Crippen LogP contribution in [0, 0.1) is 0 Å². The van der Waals surface area contributed by atoms with Crippen molar-refractivity contribution in [2.75, 3.05) is 45.8 Å². The van der Waals surface area contributed by atoms with Crippen molar-refractivity contribution in [3.8, 4) is 0 Å². The van der Waals surface area contributed by atoms with E-state index in [9.17, 15) is 0 Å². The zero-order chi connectivity index (χ0) is 52.8. The molecule has 0 amide bonds. The Hall–Kier alpha value is -4.44. The van der Waals surface area contributed by atoms with E-state index in [1.807, 2.05) is 0 Å². The zero-order valence-corrected chi connectivity index (χ0v) is 49.0. The first-order chi connectivity index (χ1) is 37.1. The van der Waals surface area contributed by atoms with E-state index in [1.54, 1.807) is 0 Å². The molecule has 5 rings (SSSR count). The minimum atomic E-state index is 0.0721. The molecule has 0 spiro atoms. The number of rotatable bonds is 44. The number of hydrogen-bond acceptors (Lipinski definition) is 4. The first-order valence-electron chi connectivity index (χ1n) is 31.8. The van der Waals surface area contributed by atoms with Gasteiger partial charge in [-0.15, -0.1) is 0 Å². The maximum atomic E-state index is 2.72. The van der Waals surface area contributed by atoms with E-state index >= 15 is 0 Å². The van der Waals surface area contributed by atoms with Crippen molar-refractivity contribution in [2.24, 2.45) is 0 Å². The molecule has 4 aromatic rings. The molecule has 0 bridgehead atoms. The van der Waals surface area contributed by atoms with E-state index in [-0.39, 0.29) is 12.1 Å². The topological polar surface area (TPSA) is 13.0 Å². The standard InChI is InChI=1S/C71H110N4/c1-6-10-14-18-22-26-30-40-58-72(59-41-31-27-23-19-15-11-7-2)64-48-52-68(53-49-64)74(70-56-57-71(63(5)62-70)75(66-44-36-34-37-45-66)67-46-38-35-39-47-67)69-54-50-65(51-55-69)73(60-42-32-28-24-20-16-12-8-3)61-43-33-29-25-21-17-13-9-4/h34-39,44-57,62,70-71H,6-33,40-43,58-61H2,1-5H3. The summed E-state index contributed by atoms with van der Waals surface area (Å²) in [4.78, 5) is 10.5. The van der Waals surface area contributed by atoms with E-state index < -0.39 is 0 Å². The summed E-state index contributed by atoms with van der Waals surface area (Å²) in [7, 11) is 0. The summed E-state index contributed by atoms with van der Waals surface area (Å²) < 4.78 is 0. The van der Waals surface area contributed by atoms with Gasteiger partial charge < -0.3 is 19.6 Å². The van der Waals surface area contributed by atoms with Gasteiger partial charge in [-0.1, -0.05) is 262 Å². The molecule has 0 saturated heterocycles. The molecule has 4 nitrogen and oxygen atoms in total. The van der Waals surface area contributed by atoms with Crippen molar-refractivity contribution in [2.45, 2.75) is 252 Å². The molecule has 0 N–H and O–H groups in total. The van der Waals surface area contributed by atoms with Gasteiger partial charge in [0, 0.05) is 60.3 Å². The van der Waals surface area contributed by atoms with E-state index in [0.717, 1.165) is 26.2 Å². The van der Waals surface area contributed by atoms with Crippen LogP contribution in [0.15, 0.2) is 133 Å². The summed E-state index contributed by atoms with van der Waals surface area (Å²) in [6.45, 7) is 16.2. The van der Waals surface area contributed by atoms with E-state index in [2.05, 4.69) is 182 Å². The summed E-state index contributed by atoms with van der Waals surface area (Å²) in [5, 5.41) is 0. The second kappa shape index (κ2) is 39.0. The van der Waals surface area contributed by atoms with E-state index in [0.29, 0.717) is 0 Å². The van der Waals surface area contributed by atoms with Gasteiger partial charge in [0.1, 0.15) is 0 Å². The number of unbranched alkanes of at least 4 members (excludes halogenated alkanes) is 28. The predicted octanol–water partition coefficient (Wildman–Crippen LogP) is 22.1. The van der Waals surface area contributed by atoms with E-state index in [1.165, 1.54) is 245 Å². The molecule has 0 heterocycles. The van der Waals surface area contributed by atoms with Gasteiger partial charge >= 0.3 is 0 Å². The summed E-state index contributed by atoms with van der Waals surface area (Å²) in [5.41, 5.74) is 9.03. The van der Waals surface area contributed by atoms with Crippen molar-refractivity contribution in [1.29, 1.82) is 0 Å². The van der Waals surface area contributed by atoms with E-state index in [4.69, 9.17) is 0 Å². The van der Waals surface area contributed by atoms with Crippen LogP contribution in [-0.4, -0.2) is 38.3 Å². The minimum absolute atomic E-state index is 0.0721. The molecule has 0 fully saturated rings. The lowest BCUT2D eigenvalue weighted by atomic mass is 9.94. The molecule has 0 radical (unpaired) electrons. The van der Waals surface area contributed by atoms with Gasteiger partial charge in [-0.05, 0) is 111 Å². The summed E-state index contributed by atoms with van der Waals surface area (Å²) in [5.74, 6) is 0. The van der Waals surface area contributed by atoms with Crippen LogP contribution in [0.4, 0.5) is 34.1 Å². The number of anilines is 6. The fourth-order valence-electron chi connectivity index (χ4n) is 11.5. The Balaban J connectivity index is 1.40. The molecule has 75 heavy (non-hydrogen) atoms. The molecular formula is C71H110N4. The zero-order valence-electron chi connectivity index (χ0n) is 49.0. The number of hydrogen-bond donors (Lipinski definition) is 0. The normalized spacial score (nSPS) is 14.3. The quantitative estimate of drug-likeness (QED) is 0.0323. The first kappa shape index (κ1) is 61.4. The summed E-state index contributed by atoms with van der Waals surface area (Å²) >= 11 is 0. The molecule has 414 valence electrons. The second-order valence-corrected chi connectivity index (χ2v) is 22.5. The molecule has 0 saturated carbocycles. The maximum absolute atomic E-state index is 2.72. The smallest absolute Gasteiger partial charge is 0.0734 e. The lowest BCUT2D eigenvalue weighted by Crippen LogP contribution is -2.37. The van der Waals surface area contributed by atoms with Crippen LogP contribution in [0.3, 0.4) is 0 Å². The van der Waals surface area contributed by atoms with Crippen LogP contribution >= 0.6 is 0 Å².